The Labute approximate surface area is 246 Å². The molecule has 1 aliphatic heterocycles. The molecule has 16 nitrogen and oxygen atoms in total. The van der Waals surface area contributed by atoms with Crippen LogP contribution in [0.5, 0.6) is 0 Å². The van der Waals surface area contributed by atoms with Crippen molar-refractivity contribution < 1.29 is 66.7 Å². The van der Waals surface area contributed by atoms with Gasteiger partial charge in [-0.3, -0.25) is 24.0 Å². The summed E-state index contributed by atoms with van der Waals surface area (Å²) in [6.45, 7) is 3.63. The molecular formula is C27H34N2O14. The Bertz CT molecular complexity index is 1170. The quantitative estimate of drug-likeness (QED) is 0.237. The van der Waals surface area contributed by atoms with Crippen molar-refractivity contribution >= 4 is 41.8 Å². The standard InChI is InChI=1S/C27H34N2O14/c1-14(30)38-13-20-22(40-15(2)31)23(41-16(3)32)24(42-17(4)33)25(43-20)29-21(34)11-19(26(35)37-5)28-27(36)39-12-18-9-7-6-8-10-18/h6-10,19-20,22-25H,11-13H2,1-5H3,(H,28,36)(H,29,34)/t19-,20+,22+,23-,24+,25-/m0/s1. The Kier molecular flexibility index (Phi) is 13.3. The summed E-state index contributed by atoms with van der Waals surface area (Å²) in [5.74, 6) is -5.17. The lowest BCUT2D eigenvalue weighted by Crippen LogP contribution is -2.66. The minimum absolute atomic E-state index is 0.114. The predicted molar refractivity (Wildman–Crippen MR) is 140 cm³/mol. The van der Waals surface area contributed by atoms with Crippen molar-refractivity contribution in [3.63, 3.8) is 0 Å². The lowest BCUT2D eigenvalue weighted by Gasteiger charge is -2.44. The van der Waals surface area contributed by atoms with Gasteiger partial charge in [0.2, 0.25) is 5.91 Å². The number of carbonyl (C=O) groups is 7. The lowest BCUT2D eigenvalue weighted by atomic mass is 9.97. The normalized spacial score (nSPS) is 21.7. The molecule has 2 amide bonds. The van der Waals surface area contributed by atoms with E-state index in [1.165, 1.54) is 0 Å². The Morgan fingerprint density at radius 1 is 0.791 bits per heavy atom. The summed E-state index contributed by atoms with van der Waals surface area (Å²) in [6, 6.07) is 7.18. The van der Waals surface area contributed by atoms with Crippen LogP contribution in [0.3, 0.4) is 0 Å². The lowest BCUT2D eigenvalue weighted by molar-refractivity contribution is -0.257. The van der Waals surface area contributed by atoms with E-state index in [4.69, 9.17) is 28.4 Å². The van der Waals surface area contributed by atoms with Gasteiger partial charge >= 0.3 is 35.9 Å². The van der Waals surface area contributed by atoms with E-state index < -0.39 is 91.6 Å². The third kappa shape index (κ3) is 11.6. The molecule has 1 aromatic carbocycles. The highest BCUT2D eigenvalue weighted by molar-refractivity contribution is 5.88. The maximum absolute atomic E-state index is 13.1. The summed E-state index contributed by atoms with van der Waals surface area (Å²) in [5.41, 5.74) is 0.675. The zero-order valence-electron chi connectivity index (χ0n) is 24.2. The second kappa shape index (κ2) is 16.6. The van der Waals surface area contributed by atoms with Crippen LogP contribution in [0.15, 0.2) is 30.3 Å². The van der Waals surface area contributed by atoms with Crippen LogP contribution in [-0.4, -0.2) is 92.2 Å². The molecule has 43 heavy (non-hydrogen) atoms. The molecule has 2 rings (SSSR count). The first-order chi connectivity index (χ1) is 20.3. The van der Waals surface area contributed by atoms with Gasteiger partial charge in [0.05, 0.1) is 13.5 Å². The maximum Gasteiger partial charge on any atom is 0.408 e. The number of esters is 5. The molecule has 6 atom stereocenters. The number of hydrogen-bond donors (Lipinski definition) is 2. The first-order valence-corrected chi connectivity index (χ1v) is 13.0. The zero-order chi connectivity index (χ0) is 32.1. The fourth-order valence-electron chi connectivity index (χ4n) is 3.99. The SMILES string of the molecule is COC(=O)[C@H](CC(=O)N[C@H]1O[C@H](COC(C)=O)[C@@H](OC(C)=O)[C@H](OC(C)=O)[C@H]1OC(C)=O)NC(=O)OCc1ccccc1. The van der Waals surface area contributed by atoms with E-state index >= 15 is 0 Å². The molecule has 16 heteroatoms. The van der Waals surface area contributed by atoms with Gasteiger partial charge in [-0.05, 0) is 5.56 Å². The minimum atomic E-state index is -1.57. The molecular weight excluding hydrogens is 576 g/mol. The molecule has 0 radical (unpaired) electrons. The largest absolute Gasteiger partial charge is 0.467 e. The van der Waals surface area contributed by atoms with Gasteiger partial charge in [-0.25, -0.2) is 9.59 Å². The van der Waals surface area contributed by atoms with E-state index in [-0.39, 0.29) is 6.61 Å². The number of benzene rings is 1. The number of amides is 2. The molecule has 1 aromatic rings. The molecule has 1 fully saturated rings. The summed E-state index contributed by atoms with van der Waals surface area (Å²) in [5, 5.41) is 4.65. The average molecular weight is 611 g/mol. The smallest absolute Gasteiger partial charge is 0.408 e. The number of carbonyl (C=O) groups excluding carboxylic acids is 7. The molecule has 0 aliphatic carbocycles. The highest BCUT2D eigenvalue weighted by Gasteiger charge is 2.52. The van der Waals surface area contributed by atoms with E-state index in [9.17, 15) is 33.6 Å². The van der Waals surface area contributed by atoms with Gasteiger partial charge in [0.25, 0.3) is 0 Å². The summed E-state index contributed by atoms with van der Waals surface area (Å²) >= 11 is 0. The monoisotopic (exact) mass is 610 g/mol. The van der Waals surface area contributed by atoms with E-state index in [1.807, 2.05) is 0 Å². The van der Waals surface area contributed by atoms with Crippen molar-refractivity contribution in [2.75, 3.05) is 13.7 Å². The van der Waals surface area contributed by atoms with Gasteiger partial charge in [-0.2, -0.15) is 0 Å². The van der Waals surface area contributed by atoms with Gasteiger partial charge in [-0.1, -0.05) is 30.3 Å². The number of nitrogens with one attached hydrogen (secondary N) is 2. The third-order valence-corrected chi connectivity index (χ3v) is 5.67. The Morgan fingerprint density at radius 2 is 1.37 bits per heavy atom. The van der Waals surface area contributed by atoms with Crippen molar-refractivity contribution in [3.05, 3.63) is 35.9 Å². The van der Waals surface area contributed by atoms with E-state index in [0.717, 1.165) is 34.8 Å². The van der Waals surface area contributed by atoms with Crippen LogP contribution in [-0.2, 0) is 68.5 Å². The van der Waals surface area contributed by atoms with Crippen LogP contribution in [0.2, 0.25) is 0 Å². The third-order valence-electron chi connectivity index (χ3n) is 5.67. The van der Waals surface area contributed by atoms with Crippen LogP contribution < -0.4 is 10.6 Å². The van der Waals surface area contributed by atoms with E-state index in [1.54, 1.807) is 30.3 Å². The topological polar surface area (TPSA) is 208 Å². The van der Waals surface area contributed by atoms with Gasteiger partial charge in [0.15, 0.2) is 24.5 Å². The molecule has 0 aromatic heterocycles. The van der Waals surface area contributed by atoms with Crippen molar-refractivity contribution in [1.29, 1.82) is 0 Å². The minimum Gasteiger partial charge on any atom is -0.467 e. The first kappa shape index (κ1) is 34.5. The van der Waals surface area contributed by atoms with Crippen LogP contribution >= 0.6 is 0 Å². The van der Waals surface area contributed by atoms with Crippen LogP contribution in [0.1, 0.15) is 39.7 Å². The number of rotatable bonds is 12. The van der Waals surface area contributed by atoms with Crippen molar-refractivity contribution in [3.8, 4) is 0 Å². The Hall–Kier alpha value is -4.73. The molecule has 0 spiro atoms. The van der Waals surface area contributed by atoms with Crippen molar-refractivity contribution in [2.24, 2.45) is 0 Å². The highest BCUT2D eigenvalue weighted by Crippen LogP contribution is 2.28. The number of ether oxygens (including phenoxy) is 7. The van der Waals surface area contributed by atoms with Gasteiger partial charge in [0.1, 0.15) is 25.4 Å². The predicted octanol–water partition coefficient (Wildman–Crippen LogP) is 0.0438. The van der Waals surface area contributed by atoms with Crippen LogP contribution in [0, 0.1) is 0 Å². The molecule has 0 unspecified atom stereocenters. The average Bonchev–Trinajstić information content (AvgIpc) is 2.93. The van der Waals surface area contributed by atoms with Crippen LogP contribution in [0.4, 0.5) is 4.79 Å². The van der Waals surface area contributed by atoms with Gasteiger partial charge in [0, 0.05) is 27.7 Å². The fourth-order valence-corrected chi connectivity index (χ4v) is 3.99. The summed E-state index contributed by atoms with van der Waals surface area (Å²) in [6.07, 6.45) is -9.11. The van der Waals surface area contributed by atoms with Crippen molar-refractivity contribution in [1.82, 2.24) is 10.6 Å². The fraction of sp³-hybridized carbons (Fsp3) is 0.519. The molecule has 1 heterocycles. The van der Waals surface area contributed by atoms with E-state index in [2.05, 4.69) is 15.4 Å². The molecule has 2 N–H and O–H groups in total. The maximum atomic E-state index is 13.1. The zero-order valence-corrected chi connectivity index (χ0v) is 24.2. The number of alkyl carbamates (subject to hydrolysis) is 1. The number of methoxy groups -OCH3 is 1. The van der Waals surface area contributed by atoms with Crippen LogP contribution in [0.25, 0.3) is 0 Å². The number of hydrogen-bond acceptors (Lipinski definition) is 14. The molecule has 1 saturated heterocycles. The van der Waals surface area contributed by atoms with Gasteiger partial charge in [-0.15, -0.1) is 0 Å². The highest BCUT2D eigenvalue weighted by atomic mass is 16.7. The van der Waals surface area contributed by atoms with Gasteiger partial charge < -0.3 is 43.8 Å². The Morgan fingerprint density at radius 3 is 1.93 bits per heavy atom. The summed E-state index contributed by atoms with van der Waals surface area (Å²) in [4.78, 5) is 85.0. The van der Waals surface area contributed by atoms with Crippen molar-refractivity contribution in [2.45, 2.75) is 77.4 Å². The van der Waals surface area contributed by atoms with E-state index in [0.29, 0.717) is 5.56 Å². The summed E-state index contributed by atoms with van der Waals surface area (Å²) in [7, 11) is 1.05. The molecule has 236 valence electrons. The second-order valence-electron chi connectivity index (χ2n) is 9.17. The first-order valence-electron chi connectivity index (χ1n) is 13.0. The molecule has 0 bridgehead atoms. The molecule has 1 aliphatic rings. The summed E-state index contributed by atoms with van der Waals surface area (Å²) < 4.78 is 36.4. The molecule has 0 saturated carbocycles. The Balaban J connectivity index is 2.26. The second-order valence-corrected chi connectivity index (χ2v) is 9.17.